The van der Waals surface area contributed by atoms with E-state index < -0.39 is 0 Å². The highest BCUT2D eigenvalue weighted by Crippen LogP contribution is 2.35. The Labute approximate surface area is 94.3 Å². The van der Waals surface area contributed by atoms with E-state index in [1.807, 2.05) is 5.51 Å². The summed E-state index contributed by atoms with van der Waals surface area (Å²) in [4.78, 5) is 7.00. The second-order valence-electron chi connectivity index (χ2n) is 4.77. The molecule has 3 heterocycles. The quantitative estimate of drug-likeness (QED) is 0.828. The van der Waals surface area contributed by atoms with E-state index in [1.165, 1.54) is 31.4 Å². The molecule has 2 atom stereocenters. The van der Waals surface area contributed by atoms with Crippen molar-refractivity contribution >= 4 is 11.3 Å². The molecule has 3 nitrogen and oxygen atoms in total. The van der Waals surface area contributed by atoms with E-state index in [9.17, 15) is 0 Å². The summed E-state index contributed by atoms with van der Waals surface area (Å²) < 4.78 is 0. The Kier molecular flexibility index (Phi) is 2.50. The second kappa shape index (κ2) is 3.85. The lowest BCUT2D eigenvalue weighted by Crippen LogP contribution is -2.46. The van der Waals surface area contributed by atoms with Crippen molar-refractivity contribution in [1.82, 2.24) is 9.88 Å². The minimum Gasteiger partial charge on any atom is -0.328 e. The van der Waals surface area contributed by atoms with E-state index in [4.69, 9.17) is 5.73 Å². The van der Waals surface area contributed by atoms with Crippen LogP contribution >= 0.6 is 11.3 Å². The number of hydrogen-bond acceptors (Lipinski definition) is 4. The second-order valence-corrected chi connectivity index (χ2v) is 5.49. The highest BCUT2D eigenvalue weighted by molar-refractivity contribution is 7.07. The van der Waals surface area contributed by atoms with Gasteiger partial charge in [-0.15, -0.1) is 11.3 Å². The first-order chi connectivity index (χ1) is 7.33. The zero-order valence-electron chi connectivity index (χ0n) is 8.80. The lowest BCUT2D eigenvalue weighted by Gasteiger charge is -2.37. The molecule has 3 rings (SSSR count). The van der Waals surface area contributed by atoms with Crippen molar-refractivity contribution in [3.05, 3.63) is 16.6 Å². The molecule has 0 radical (unpaired) electrons. The molecular formula is C11H17N3S. The molecule has 1 aromatic rings. The molecule has 0 aliphatic carbocycles. The summed E-state index contributed by atoms with van der Waals surface area (Å²) in [5.41, 5.74) is 9.20. The van der Waals surface area contributed by atoms with Gasteiger partial charge < -0.3 is 5.73 Å². The first-order valence-electron chi connectivity index (χ1n) is 5.71. The van der Waals surface area contributed by atoms with Crippen molar-refractivity contribution in [2.75, 3.05) is 0 Å². The van der Waals surface area contributed by atoms with Gasteiger partial charge in [0.05, 0.1) is 11.2 Å². The Morgan fingerprint density at radius 1 is 1.40 bits per heavy atom. The van der Waals surface area contributed by atoms with Crippen LogP contribution in [0.4, 0.5) is 0 Å². The summed E-state index contributed by atoms with van der Waals surface area (Å²) in [6.45, 7) is 1.03. The molecule has 0 amide bonds. The van der Waals surface area contributed by atoms with Crippen LogP contribution in [-0.2, 0) is 6.54 Å². The molecular weight excluding hydrogens is 206 g/mol. The minimum absolute atomic E-state index is 0.439. The van der Waals surface area contributed by atoms with Gasteiger partial charge in [0.15, 0.2) is 0 Å². The Hall–Kier alpha value is -0.450. The van der Waals surface area contributed by atoms with E-state index >= 15 is 0 Å². The number of fused-ring (bicyclic) bond motifs is 2. The molecule has 2 unspecified atom stereocenters. The van der Waals surface area contributed by atoms with Crippen molar-refractivity contribution < 1.29 is 0 Å². The lowest BCUT2D eigenvalue weighted by molar-refractivity contribution is 0.118. The summed E-state index contributed by atoms with van der Waals surface area (Å²) in [7, 11) is 0. The molecule has 1 aromatic heterocycles. The van der Waals surface area contributed by atoms with Crippen molar-refractivity contribution in [2.24, 2.45) is 5.73 Å². The maximum absolute atomic E-state index is 6.05. The highest BCUT2D eigenvalue weighted by atomic mass is 32.1. The molecule has 82 valence electrons. The number of thiazole rings is 1. The topological polar surface area (TPSA) is 42.1 Å². The number of aromatic nitrogens is 1. The van der Waals surface area contributed by atoms with Crippen molar-refractivity contribution in [3.63, 3.8) is 0 Å². The Balaban J connectivity index is 1.72. The standard InChI is InChI=1S/C11H17N3S/c12-8-3-10-1-2-11(4-8)14(10)5-9-6-15-7-13-9/h6-8,10-11H,1-5,12H2. The normalized spacial score (nSPS) is 35.9. The van der Waals surface area contributed by atoms with E-state index in [0.29, 0.717) is 6.04 Å². The smallest absolute Gasteiger partial charge is 0.0795 e. The van der Waals surface area contributed by atoms with Gasteiger partial charge in [0, 0.05) is 30.1 Å². The van der Waals surface area contributed by atoms with Crippen LogP contribution in [0.25, 0.3) is 0 Å². The monoisotopic (exact) mass is 223 g/mol. The average molecular weight is 223 g/mol. The van der Waals surface area contributed by atoms with Gasteiger partial charge in [0.1, 0.15) is 0 Å². The predicted molar refractivity (Wildman–Crippen MR) is 61.7 cm³/mol. The molecule has 15 heavy (non-hydrogen) atoms. The Bertz CT molecular complexity index is 311. The van der Waals surface area contributed by atoms with Crippen molar-refractivity contribution in [3.8, 4) is 0 Å². The fourth-order valence-electron chi connectivity index (χ4n) is 3.08. The molecule has 2 aliphatic rings. The predicted octanol–water partition coefficient (Wildman–Crippen LogP) is 1.60. The zero-order valence-corrected chi connectivity index (χ0v) is 9.62. The zero-order chi connectivity index (χ0) is 10.3. The number of nitrogens with two attached hydrogens (primary N) is 1. The van der Waals surface area contributed by atoms with Crippen LogP contribution < -0.4 is 5.73 Å². The fourth-order valence-corrected chi connectivity index (χ4v) is 3.63. The number of rotatable bonds is 2. The van der Waals surface area contributed by atoms with Gasteiger partial charge in [-0.05, 0) is 25.7 Å². The van der Waals surface area contributed by atoms with Crippen LogP contribution in [0.2, 0.25) is 0 Å². The highest BCUT2D eigenvalue weighted by Gasteiger charge is 2.39. The van der Waals surface area contributed by atoms with Crippen LogP contribution in [-0.4, -0.2) is 28.0 Å². The molecule has 0 spiro atoms. The SMILES string of the molecule is NC1CC2CCC(C1)N2Cc1cscn1. The first-order valence-corrected chi connectivity index (χ1v) is 6.65. The fraction of sp³-hybridized carbons (Fsp3) is 0.727. The van der Waals surface area contributed by atoms with Gasteiger partial charge >= 0.3 is 0 Å². The van der Waals surface area contributed by atoms with E-state index in [1.54, 1.807) is 11.3 Å². The summed E-state index contributed by atoms with van der Waals surface area (Å²) in [5, 5.41) is 2.16. The van der Waals surface area contributed by atoms with Gasteiger partial charge in [-0.1, -0.05) is 0 Å². The van der Waals surface area contributed by atoms with Crippen LogP contribution in [0.1, 0.15) is 31.4 Å². The molecule has 2 aliphatic heterocycles. The van der Waals surface area contributed by atoms with Gasteiger partial charge in [-0.25, -0.2) is 4.98 Å². The third kappa shape index (κ3) is 1.82. The van der Waals surface area contributed by atoms with E-state index in [2.05, 4.69) is 15.3 Å². The summed E-state index contributed by atoms with van der Waals surface area (Å²) in [6, 6.07) is 1.88. The van der Waals surface area contributed by atoms with Gasteiger partial charge in [-0.3, -0.25) is 4.90 Å². The third-order valence-electron chi connectivity index (χ3n) is 3.75. The molecule has 2 bridgehead atoms. The summed E-state index contributed by atoms with van der Waals surface area (Å²) >= 11 is 1.69. The van der Waals surface area contributed by atoms with Crippen LogP contribution in [0, 0.1) is 0 Å². The Morgan fingerprint density at radius 2 is 2.13 bits per heavy atom. The maximum Gasteiger partial charge on any atom is 0.0795 e. The maximum atomic E-state index is 6.05. The summed E-state index contributed by atoms with van der Waals surface area (Å²) in [6.07, 6.45) is 5.03. The van der Waals surface area contributed by atoms with E-state index in [-0.39, 0.29) is 0 Å². The first kappa shape index (κ1) is 9.75. The van der Waals surface area contributed by atoms with E-state index in [0.717, 1.165) is 18.6 Å². The molecule has 2 saturated heterocycles. The third-order valence-corrected chi connectivity index (χ3v) is 4.38. The lowest BCUT2D eigenvalue weighted by atomic mass is 9.98. The van der Waals surface area contributed by atoms with Gasteiger partial charge in [0.2, 0.25) is 0 Å². The number of hydrogen-bond donors (Lipinski definition) is 1. The number of nitrogens with zero attached hydrogens (tertiary/aromatic N) is 2. The van der Waals surface area contributed by atoms with Gasteiger partial charge in [-0.2, -0.15) is 0 Å². The minimum atomic E-state index is 0.439. The van der Waals surface area contributed by atoms with Crippen LogP contribution in [0.5, 0.6) is 0 Å². The van der Waals surface area contributed by atoms with Crippen molar-refractivity contribution in [2.45, 2.75) is 50.4 Å². The molecule has 2 N–H and O–H groups in total. The molecule has 2 fully saturated rings. The van der Waals surface area contributed by atoms with Crippen LogP contribution in [0.3, 0.4) is 0 Å². The average Bonchev–Trinajstić information content (AvgIpc) is 2.77. The van der Waals surface area contributed by atoms with Crippen LogP contribution in [0.15, 0.2) is 10.9 Å². The van der Waals surface area contributed by atoms with Crippen molar-refractivity contribution in [1.29, 1.82) is 0 Å². The Morgan fingerprint density at radius 3 is 2.73 bits per heavy atom. The molecule has 0 saturated carbocycles. The largest absolute Gasteiger partial charge is 0.328 e. The molecule has 4 heteroatoms. The number of piperidine rings is 1. The molecule has 0 aromatic carbocycles. The summed E-state index contributed by atoms with van der Waals surface area (Å²) in [5.74, 6) is 0. The van der Waals surface area contributed by atoms with Gasteiger partial charge in [0.25, 0.3) is 0 Å².